The quantitative estimate of drug-likeness (QED) is 0.274. The molecule has 0 bridgehead atoms. The molecule has 9 heteroatoms. The molecule has 3 N–H and O–H groups in total. The summed E-state index contributed by atoms with van der Waals surface area (Å²) in [5.41, 5.74) is 4.15. The topological polar surface area (TPSA) is 82.9 Å². The van der Waals surface area contributed by atoms with E-state index in [2.05, 4.69) is 15.4 Å². The number of hydrogen-bond acceptors (Lipinski definition) is 3. The molecule has 0 saturated heterocycles. The van der Waals surface area contributed by atoms with Crippen LogP contribution in [0.25, 0.3) is 33.3 Å². The van der Waals surface area contributed by atoms with Crippen molar-refractivity contribution in [3.05, 3.63) is 88.5 Å². The molecule has 0 radical (unpaired) electrons. The van der Waals surface area contributed by atoms with Gasteiger partial charge in [-0.3, -0.25) is 9.48 Å². The van der Waals surface area contributed by atoms with Gasteiger partial charge >= 0.3 is 0 Å². The van der Waals surface area contributed by atoms with Gasteiger partial charge in [0.05, 0.1) is 23.5 Å². The smallest absolute Gasteiger partial charge is 0.268 e. The van der Waals surface area contributed by atoms with Crippen LogP contribution in [-0.2, 0) is 6.54 Å². The number of aliphatic hydroxyl groups excluding tert-OH is 1. The number of amides is 1. The predicted molar refractivity (Wildman–Crippen MR) is 141 cm³/mol. The Morgan fingerprint density at radius 1 is 1.22 bits per heavy atom. The van der Waals surface area contributed by atoms with Crippen LogP contribution in [-0.4, -0.2) is 38.9 Å². The van der Waals surface area contributed by atoms with Gasteiger partial charge in [-0.05, 0) is 30.2 Å². The monoisotopic (exact) mass is 524 g/mol. The Hall–Kier alpha value is -3.39. The van der Waals surface area contributed by atoms with Crippen LogP contribution in [0.5, 0.6) is 0 Å². The number of carbonyl (C=O) groups excluding carboxylic acids is 1. The predicted octanol–water partition coefficient (Wildman–Crippen LogP) is 6.07. The number of carbonyl (C=O) groups is 1. The lowest BCUT2D eigenvalue weighted by Crippen LogP contribution is -2.27. The van der Waals surface area contributed by atoms with E-state index in [1.54, 1.807) is 24.4 Å². The van der Waals surface area contributed by atoms with Crippen molar-refractivity contribution in [3.8, 4) is 22.4 Å². The summed E-state index contributed by atoms with van der Waals surface area (Å²) in [6, 6.07) is 15.2. The number of nitrogens with zero attached hydrogens (tertiary/aromatic N) is 2. The van der Waals surface area contributed by atoms with E-state index in [1.165, 1.54) is 6.08 Å². The molecule has 4 aromatic rings. The van der Waals surface area contributed by atoms with Crippen LogP contribution in [0.15, 0.2) is 77.7 Å². The van der Waals surface area contributed by atoms with E-state index in [-0.39, 0.29) is 30.0 Å². The van der Waals surface area contributed by atoms with Crippen molar-refractivity contribution in [1.29, 1.82) is 0 Å². The van der Waals surface area contributed by atoms with Gasteiger partial charge in [-0.2, -0.15) is 5.10 Å². The van der Waals surface area contributed by atoms with E-state index < -0.39 is 5.83 Å². The minimum Gasteiger partial charge on any atom is -0.395 e. The summed E-state index contributed by atoms with van der Waals surface area (Å²) in [6.07, 6.45) is 5.52. The second kappa shape index (κ2) is 10.3. The number of fused-ring (bicyclic) bond motifs is 1. The highest BCUT2D eigenvalue weighted by molar-refractivity contribution is 6.32. The third kappa shape index (κ3) is 4.69. The molecule has 0 aliphatic heterocycles. The van der Waals surface area contributed by atoms with Crippen molar-refractivity contribution < 1.29 is 14.3 Å². The van der Waals surface area contributed by atoms with Gasteiger partial charge in [0.15, 0.2) is 0 Å². The lowest BCUT2D eigenvalue weighted by Gasteiger charge is -2.18. The molecular formula is C27H23Cl2FN4O2. The average molecular weight is 525 g/mol. The molecule has 2 aromatic carbocycles. The third-order valence-electron chi connectivity index (χ3n) is 6.16. The van der Waals surface area contributed by atoms with E-state index in [0.29, 0.717) is 34.8 Å². The van der Waals surface area contributed by atoms with Crippen LogP contribution in [0.2, 0.25) is 5.02 Å². The summed E-state index contributed by atoms with van der Waals surface area (Å²) in [5.74, 6) is -0.978. The number of aliphatic hydroxyl groups is 1. The van der Waals surface area contributed by atoms with Crippen LogP contribution >= 0.6 is 23.2 Å². The molecular weight excluding hydrogens is 502 g/mol. The lowest BCUT2D eigenvalue weighted by atomic mass is 9.97. The summed E-state index contributed by atoms with van der Waals surface area (Å²) < 4.78 is 16.1. The van der Waals surface area contributed by atoms with Gasteiger partial charge in [-0.15, -0.1) is 0 Å². The first-order valence-electron chi connectivity index (χ1n) is 11.5. The molecule has 5 rings (SSSR count). The number of hydrogen-bond donors (Lipinski definition) is 3. The number of allylic oxidation sites excluding steroid dienone is 4. The molecule has 1 aliphatic carbocycles. The molecule has 6 nitrogen and oxygen atoms in total. The maximum atomic E-state index is 14.2. The Bertz CT molecular complexity index is 1490. The van der Waals surface area contributed by atoms with Gasteiger partial charge in [-0.25, -0.2) is 4.39 Å². The summed E-state index contributed by atoms with van der Waals surface area (Å²) in [5, 5.41) is 18.1. The Balaban J connectivity index is 1.72. The summed E-state index contributed by atoms with van der Waals surface area (Å²) in [6.45, 7) is 0.308. The fourth-order valence-corrected chi connectivity index (χ4v) is 4.84. The molecule has 184 valence electrons. The van der Waals surface area contributed by atoms with Crippen LogP contribution in [0, 0.1) is 5.92 Å². The van der Waals surface area contributed by atoms with Crippen molar-refractivity contribution in [2.75, 3.05) is 13.2 Å². The molecule has 36 heavy (non-hydrogen) atoms. The van der Waals surface area contributed by atoms with Crippen molar-refractivity contribution in [1.82, 2.24) is 20.1 Å². The molecule has 1 atom stereocenters. The SMILES string of the molecule is O=C(NCCO)c1[nH]c2cc(Cl)ccc2c1-c1c(-c2ccccc2)cnn1CC1C=C(F)C(Cl)=CC1. The average Bonchev–Trinajstić information content (AvgIpc) is 3.45. The highest BCUT2D eigenvalue weighted by Gasteiger charge is 2.27. The van der Waals surface area contributed by atoms with Crippen molar-refractivity contribution >= 4 is 40.0 Å². The van der Waals surface area contributed by atoms with Crippen LogP contribution in [0.3, 0.4) is 0 Å². The van der Waals surface area contributed by atoms with Gasteiger partial charge in [-0.1, -0.05) is 65.7 Å². The van der Waals surface area contributed by atoms with Gasteiger partial charge in [0.25, 0.3) is 5.91 Å². The standard InChI is InChI=1S/C27H23Cl2FN4O2/c28-18-7-8-19-23(13-18)33-25(27(36)31-10-11-35)24(19)26-20(17-4-2-1-3-5-17)14-32-34(26)15-16-6-9-21(29)22(30)12-16/h1-5,7-9,12-14,16,33,35H,6,10-11,15H2,(H,31,36). The van der Waals surface area contributed by atoms with Gasteiger partial charge in [0.2, 0.25) is 0 Å². The van der Waals surface area contributed by atoms with E-state index >= 15 is 0 Å². The second-order valence-electron chi connectivity index (χ2n) is 8.56. The van der Waals surface area contributed by atoms with E-state index in [9.17, 15) is 14.3 Å². The summed E-state index contributed by atoms with van der Waals surface area (Å²) >= 11 is 12.2. The zero-order valence-corrected chi connectivity index (χ0v) is 20.7. The Morgan fingerprint density at radius 3 is 2.78 bits per heavy atom. The third-order valence-corrected chi connectivity index (χ3v) is 6.73. The van der Waals surface area contributed by atoms with Crippen LogP contribution < -0.4 is 5.32 Å². The minimum atomic E-state index is -0.448. The summed E-state index contributed by atoms with van der Waals surface area (Å²) in [7, 11) is 0. The number of aromatic nitrogens is 3. The fourth-order valence-electron chi connectivity index (χ4n) is 4.52. The molecule has 1 amide bonds. The number of rotatable bonds is 7. The van der Waals surface area contributed by atoms with Crippen LogP contribution in [0.4, 0.5) is 4.39 Å². The molecule has 1 aliphatic rings. The normalized spacial score (nSPS) is 15.6. The van der Waals surface area contributed by atoms with E-state index in [1.807, 2.05) is 41.1 Å². The maximum absolute atomic E-state index is 14.2. The molecule has 1 unspecified atom stereocenters. The number of benzene rings is 2. The lowest BCUT2D eigenvalue weighted by molar-refractivity contribution is 0.0941. The molecule has 0 saturated carbocycles. The molecule has 0 fully saturated rings. The van der Waals surface area contributed by atoms with Gasteiger partial charge in [0, 0.05) is 46.1 Å². The maximum Gasteiger partial charge on any atom is 0.268 e. The zero-order valence-electron chi connectivity index (χ0n) is 19.1. The van der Waals surface area contributed by atoms with Crippen molar-refractivity contribution in [2.45, 2.75) is 13.0 Å². The Morgan fingerprint density at radius 2 is 2.03 bits per heavy atom. The molecule has 2 heterocycles. The highest BCUT2D eigenvalue weighted by atomic mass is 35.5. The fraction of sp³-hybridized carbons (Fsp3) is 0.185. The van der Waals surface area contributed by atoms with Crippen molar-refractivity contribution in [3.63, 3.8) is 0 Å². The Kier molecular flexibility index (Phi) is 6.96. The van der Waals surface area contributed by atoms with E-state index in [0.717, 1.165) is 22.2 Å². The first-order chi connectivity index (χ1) is 17.5. The van der Waals surface area contributed by atoms with Crippen LogP contribution in [0.1, 0.15) is 16.9 Å². The second-order valence-corrected chi connectivity index (χ2v) is 9.41. The number of halogens is 3. The Labute approximate surface area is 217 Å². The number of aromatic amines is 1. The van der Waals surface area contributed by atoms with Crippen molar-refractivity contribution in [2.24, 2.45) is 5.92 Å². The minimum absolute atomic E-state index is 0.110. The largest absolute Gasteiger partial charge is 0.395 e. The van der Waals surface area contributed by atoms with Gasteiger partial charge in [0.1, 0.15) is 11.5 Å². The molecule has 2 aromatic heterocycles. The number of H-pyrrole nitrogens is 1. The number of nitrogens with one attached hydrogen (secondary N) is 2. The molecule has 0 spiro atoms. The van der Waals surface area contributed by atoms with E-state index in [4.69, 9.17) is 23.2 Å². The highest BCUT2D eigenvalue weighted by Crippen LogP contribution is 2.40. The summed E-state index contributed by atoms with van der Waals surface area (Å²) in [4.78, 5) is 16.4. The first kappa shape index (κ1) is 24.3. The first-order valence-corrected chi connectivity index (χ1v) is 12.3. The zero-order chi connectivity index (χ0) is 25.2. The van der Waals surface area contributed by atoms with Gasteiger partial charge < -0.3 is 15.4 Å².